The van der Waals surface area contributed by atoms with Crippen LogP contribution in [0.15, 0.2) is 66.7 Å². The number of nitriles is 1. The summed E-state index contributed by atoms with van der Waals surface area (Å²) in [5.74, 6) is 0.172. The Labute approximate surface area is 203 Å². The van der Waals surface area contributed by atoms with E-state index < -0.39 is 0 Å². The van der Waals surface area contributed by atoms with Gasteiger partial charge in [0.25, 0.3) is 5.91 Å². The van der Waals surface area contributed by atoms with Gasteiger partial charge in [-0.05, 0) is 54.8 Å². The van der Waals surface area contributed by atoms with E-state index in [0.29, 0.717) is 39.8 Å². The number of halogens is 1. The zero-order valence-corrected chi connectivity index (χ0v) is 19.3. The number of hydrogen-bond donors (Lipinski definition) is 1. The molecule has 7 heteroatoms. The van der Waals surface area contributed by atoms with Gasteiger partial charge in [0, 0.05) is 24.3 Å². The fraction of sp³-hybridized carbons (Fsp3) is 0.222. The number of nitrogens with one attached hydrogen (secondary N) is 1. The number of nitrogens with zero attached hydrogens (tertiary/aromatic N) is 2. The molecule has 1 aliphatic rings. The molecule has 3 aromatic rings. The lowest BCUT2D eigenvalue weighted by Gasteiger charge is -2.16. The van der Waals surface area contributed by atoms with Crippen molar-refractivity contribution >= 4 is 29.1 Å². The molecule has 2 amide bonds. The highest BCUT2D eigenvalue weighted by Gasteiger charge is 2.22. The summed E-state index contributed by atoms with van der Waals surface area (Å²) in [6.07, 6.45) is 2.02. The van der Waals surface area contributed by atoms with Gasteiger partial charge in [-0.3, -0.25) is 9.59 Å². The van der Waals surface area contributed by atoms with Gasteiger partial charge in [0.05, 0.1) is 28.6 Å². The maximum absolute atomic E-state index is 12.8. The molecular weight excluding hydrogens is 450 g/mol. The summed E-state index contributed by atoms with van der Waals surface area (Å²) in [5, 5.41) is 12.4. The van der Waals surface area contributed by atoms with E-state index in [9.17, 15) is 14.9 Å². The van der Waals surface area contributed by atoms with Crippen molar-refractivity contribution in [3.8, 4) is 11.8 Å². The summed E-state index contributed by atoms with van der Waals surface area (Å²) in [5.41, 5.74) is 2.98. The van der Waals surface area contributed by atoms with Gasteiger partial charge in [-0.15, -0.1) is 0 Å². The number of rotatable bonds is 7. The highest BCUT2D eigenvalue weighted by atomic mass is 35.5. The van der Waals surface area contributed by atoms with Crippen LogP contribution < -0.4 is 10.1 Å². The molecule has 4 rings (SSSR count). The predicted molar refractivity (Wildman–Crippen MR) is 131 cm³/mol. The average molecular weight is 474 g/mol. The summed E-state index contributed by atoms with van der Waals surface area (Å²) >= 11 is 6.36. The molecule has 0 bridgehead atoms. The average Bonchev–Trinajstić information content (AvgIpc) is 3.38. The molecule has 6 nitrogen and oxygen atoms in total. The van der Waals surface area contributed by atoms with Crippen molar-refractivity contribution in [3.05, 3.63) is 94.0 Å². The van der Waals surface area contributed by atoms with Crippen LogP contribution in [0.2, 0.25) is 5.02 Å². The molecule has 0 radical (unpaired) electrons. The van der Waals surface area contributed by atoms with Crippen LogP contribution in [0.5, 0.6) is 5.75 Å². The Kier molecular flexibility index (Phi) is 7.46. The molecule has 1 aliphatic heterocycles. The molecule has 0 saturated carbocycles. The molecule has 3 aromatic carbocycles. The van der Waals surface area contributed by atoms with Crippen LogP contribution in [0.25, 0.3) is 0 Å². The van der Waals surface area contributed by atoms with Crippen molar-refractivity contribution in [1.82, 2.24) is 4.90 Å². The number of likely N-dealkylation sites (tertiary alicyclic amines) is 1. The molecule has 0 aromatic heterocycles. The molecule has 1 fully saturated rings. The van der Waals surface area contributed by atoms with Crippen LogP contribution in [0, 0.1) is 11.3 Å². The van der Waals surface area contributed by atoms with Gasteiger partial charge < -0.3 is 15.0 Å². The largest absolute Gasteiger partial charge is 0.489 e. The van der Waals surface area contributed by atoms with Crippen LogP contribution in [-0.2, 0) is 17.8 Å². The van der Waals surface area contributed by atoms with Crippen LogP contribution in [0.4, 0.5) is 5.69 Å². The summed E-state index contributed by atoms with van der Waals surface area (Å²) in [6.45, 7) is 1.83. The number of amides is 2. The molecule has 1 N–H and O–H groups in total. The first-order chi connectivity index (χ1) is 16.5. The van der Waals surface area contributed by atoms with Crippen LogP contribution in [0.1, 0.15) is 39.9 Å². The van der Waals surface area contributed by atoms with Gasteiger partial charge in [-0.25, -0.2) is 0 Å². The molecule has 34 heavy (non-hydrogen) atoms. The number of benzene rings is 3. The molecule has 1 heterocycles. The Morgan fingerprint density at radius 3 is 2.50 bits per heavy atom. The summed E-state index contributed by atoms with van der Waals surface area (Å²) in [7, 11) is 0. The first-order valence-corrected chi connectivity index (χ1v) is 11.5. The highest BCUT2D eigenvalue weighted by molar-refractivity contribution is 6.34. The van der Waals surface area contributed by atoms with E-state index in [1.54, 1.807) is 41.3 Å². The fourth-order valence-electron chi connectivity index (χ4n) is 3.90. The van der Waals surface area contributed by atoms with E-state index in [2.05, 4.69) is 11.4 Å². The SMILES string of the molecule is N#Cc1ccc(OCc2ccccc2)c(CC(=O)Nc2ccc(C(=O)N3CCCC3)c(Cl)c2)c1. The second-order valence-electron chi connectivity index (χ2n) is 8.13. The molecule has 0 atom stereocenters. The van der Waals surface area contributed by atoms with Crippen molar-refractivity contribution in [1.29, 1.82) is 5.26 Å². The standard InChI is InChI=1S/C27H24ClN3O3/c28-24-16-22(9-10-23(24)27(33)31-12-4-5-13-31)30-26(32)15-21-14-20(17-29)8-11-25(21)34-18-19-6-2-1-3-7-19/h1-3,6-11,14,16H,4-5,12-13,15,18H2,(H,30,32). The first-order valence-electron chi connectivity index (χ1n) is 11.1. The van der Waals surface area contributed by atoms with Gasteiger partial charge in [-0.2, -0.15) is 5.26 Å². The van der Waals surface area contributed by atoms with Gasteiger partial charge in [-0.1, -0.05) is 41.9 Å². The minimum Gasteiger partial charge on any atom is -0.489 e. The first kappa shape index (κ1) is 23.3. The number of hydrogen-bond acceptors (Lipinski definition) is 4. The van der Waals surface area contributed by atoms with Gasteiger partial charge in [0.1, 0.15) is 12.4 Å². The monoisotopic (exact) mass is 473 g/mol. The third-order valence-electron chi connectivity index (χ3n) is 5.65. The number of carbonyl (C=O) groups excluding carboxylic acids is 2. The fourth-order valence-corrected chi connectivity index (χ4v) is 4.16. The second-order valence-corrected chi connectivity index (χ2v) is 8.53. The molecule has 0 aliphatic carbocycles. The summed E-state index contributed by atoms with van der Waals surface area (Å²) < 4.78 is 5.93. The topological polar surface area (TPSA) is 82.4 Å². The van der Waals surface area contributed by atoms with Crippen LogP contribution in [0.3, 0.4) is 0 Å². The van der Waals surface area contributed by atoms with Crippen LogP contribution in [-0.4, -0.2) is 29.8 Å². The third-order valence-corrected chi connectivity index (χ3v) is 5.97. The molecule has 0 unspecified atom stereocenters. The van der Waals surface area contributed by atoms with Crippen LogP contribution >= 0.6 is 11.6 Å². The zero-order chi connectivity index (χ0) is 23.9. The number of carbonyl (C=O) groups is 2. The third kappa shape index (κ3) is 5.75. The van der Waals surface area contributed by atoms with Crippen molar-refractivity contribution in [3.63, 3.8) is 0 Å². The normalized spacial score (nSPS) is 12.8. The lowest BCUT2D eigenvalue weighted by molar-refractivity contribution is -0.115. The molecule has 0 spiro atoms. The maximum atomic E-state index is 12.8. The van der Waals surface area contributed by atoms with E-state index in [1.807, 2.05) is 30.3 Å². The molecule has 1 saturated heterocycles. The summed E-state index contributed by atoms with van der Waals surface area (Å²) in [4.78, 5) is 27.2. The van der Waals surface area contributed by atoms with Gasteiger partial charge >= 0.3 is 0 Å². The molecular formula is C27H24ClN3O3. The minimum atomic E-state index is -0.283. The predicted octanol–water partition coefficient (Wildman–Crippen LogP) is 5.21. The van der Waals surface area contributed by atoms with Gasteiger partial charge in [0.2, 0.25) is 5.91 Å². The van der Waals surface area contributed by atoms with E-state index >= 15 is 0 Å². The van der Waals surface area contributed by atoms with Crippen molar-refractivity contribution < 1.29 is 14.3 Å². The second kappa shape index (κ2) is 10.9. The summed E-state index contributed by atoms with van der Waals surface area (Å²) in [6, 6.07) is 21.7. The lowest BCUT2D eigenvalue weighted by Crippen LogP contribution is -2.27. The Hall–Kier alpha value is -3.82. The number of anilines is 1. The highest BCUT2D eigenvalue weighted by Crippen LogP contribution is 2.26. The minimum absolute atomic E-state index is 0.0196. The lowest BCUT2D eigenvalue weighted by atomic mass is 10.1. The van der Waals surface area contributed by atoms with Crippen molar-refractivity contribution in [2.24, 2.45) is 0 Å². The Morgan fingerprint density at radius 1 is 1.03 bits per heavy atom. The van der Waals surface area contributed by atoms with Gasteiger partial charge in [0.15, 0.2) is 0 Å². The molecule has 172 valence electrons. The van der Waals surface area contributed by atoms with E-state index in [1.165, 1.54) is 0 Å². The van der Waals surface area contributed by atoms with E-state index in [4.69, 9.17) is 16.3 Å². The number of ether oxygens (including phenoxy) is 1. The smallest absolute Gasteiger partial charge is 0.255 e. The van der Waals surface area contributed by atoms with E-state index in [-0.39, 0.29) is 18.2 Å². The Morgan fingerprint density at radius 2 is 1.79 bits per heavy atom. The zero-order valence-electron chi connectivity index (χ0n) is 18.6. The maximum Gasteiger partial charge on any atom is 0.255 e. The Balaban J connectivity index is 1.44. The quantitative estimate of drug-likeness (QED) is 0.510. The van der Waals surface area contributed by atoms with Crippen molar-refractivity contribution in [2.75, 3.05) is 18.4 Å². The van der Waals surface area contributed by atoms with E-state index in [0.717, 1.165) is 31.5 Å². The van der Waals surface area contributed by atoms with Crippen molar-refractivity contribution in [2.45, 2.75) is 25.9 Å². The Bertz CT molecular complexity index is 1230.